The summed E-state index contributed by atoms with van der Waals surface area (Å²) in [7, 11) is 3.29. The Labute approximate surface area is 84.3 Å². The van der Waals surface area contributed by atoms with Gasteiger partial charge < -0.3 is 14.6 Å². The molecule has 0 unspecified atom stereocenters. The molecule has 0 atom stereocenters. The second kappa shape index (κ2) is 5.62. The molecule has 1 aromatic carbocycles. The van der Waals surface area contributed by atoms with Crippen molar-refractivity contribution in [3.05, 3.63) is 29.3 Å². The molecule has 3 nitrogen and oxygen atoms in total. The molecular weight excluding hydrogens is 180 g/mol. The van der Waals surface area contributed by atoms with Gasteiger partial charge in [-0.05, 0) is 29.7 Å². The van der Waals surface area contributed by atoms with Crippen molar-refractivity contribution < 1.29 is 14.6 Å². The lowest BCUT2D eigenvalue weighted by Gasteiger charge is -2.09. The van der Waals surface area contributed by atoms with E-state index >= 15 is 0 Å². The van der Waals surface area contributed by atoms with E-state index in [0.717, 1.165) is 16.9 Å². The molecule has 3 heteroatoms. The predicted octanol–water partition coefficient (Wildman–Crippen LogP) is 1.38. The molecule has 0 heterocycles. The molecule has 0 radical (unpaired) electrons. The van der Waals surface area contributed by atoms with Crippen LogP contribution in [0.25, 0.3) is 0 Å². The predicted molar refractivity (Wildman–Crippen MR) is 54.5 cm³/mol. The van der Waals surface area contributed by atoms with Gasteiger partial charge in [-0.3, -0.25) is 0 Å². The molecule has 0 spiro atoms. The average Bonchev–Trinajstić information content (AvgIpc) is 2.21. The summed E-state index contributed by atoms with van der Waals surface area (Å²) in [6, 6.07) is 5.79. The minimum atomic E-state index is 0.156. The van der Waals surface area contributed by atoms with Crippen LogP contribution in [-0.4, -0.2) is 25.9 Å². The molecule has 0 aliphatic heterocycles. The second-order valence-electron chi connectivity index (χ2n) is 3.04. The molecule has 0 saturated heterocycles. The van der Waals surface area contributed by atoms with Gasteiger partial charge in [0.25, 0.3) is 0 Å². The first-order chi connectivity index (χ1) is 6.81. The fourth-order valence-electron chi connectivity index (χ4n) is 1.38. The van der Waals surface area contributed by atoms with E-state index in [-0.39, 0.29) is 6.61 Å². The highest BCUT2D eigenvalue weighted by molar-refractivity contribution is 5.35. The van der Waals surface area contributed by atoms with Gasteiger partial charge in [0, 0.05) is 13.7 Å². The maximum atomic E-state index is 8.87. The molecule has 1 rings (SSSR count). The summed E-state index contributed by atoms with van der Waals surface area (Å²) in [6.07, 6.45) is 0.655. The van der Waals surface area contributed by atoms with Crippen LogP contribution in [0.4, 0.5) is 0 Å². The fraction of sp³-hybridized carbons (Fsp3) is 0.455. The summed E-state index contributed by atoms with van der Waals surface area (Å²) < 4.78 is 10.2. The minimum absolute atomic E-state index is 0.156. The number of aliphatic hydroxyl groups excluding tert-OH is 1. The molecule has 1 N–H and O–H groups in total. The van der Waals surface area contributed by atoms with E-state index in [1.807, 2.05) is 18.2 Å². The third-order valence-electron chi connectivity index (χ3n) is 2.09. The minimum Gasteiger partial charge on any atom is -0.497 e. The van der Waals surface area contributed by atoms with Crippen LogP contribution in [0.5, 0.6) is 5.75 Å². The van der Waals surface area contributed by atoms with Gasteiger partial charge in [-0.1, -0.05) is 6.07 Å². The van der Waals surface area contributed by atoms with Crippen molar-refractivity contribution in [1.82, 2.24) is 0 Å². The number of hydrogen-bond acceptors (Lipinski definition) is 3. The monoisotopic (exact) mass is 196 g/mol. The number of hydrogen-bond donors (Lipinski definition) is 1. The Bertz CT molecular complexity index is 284. The Morgan fingerprint density at radius 3 is 2.57 bits per heavy atom. The first-order valence-electron chi connectivity index (χ1n) is 4.57. The zero-order valence-corrected chi connectivity index (χ0v) is 8.62. The lowest BCUT2D eigenvalue weighted by Crippen LogP contribution is -1.99. The molecule has 1 aromatic rings. The largest absolute Gasteiger partial charge is 0.497 e. The van der Waals surface area contributed by atoms with Crippen molar-refractivity contribution in [3.63, 3.8) is 0 Å². The van der Waals surface area contributed by atoms with Crippen LogP contribution in [-0.2, 0) is 17.8 Å². The van der Waals surface area contributed by atoms with Gasteiger partial charge >= 0.3 is 0 Å². The molecular formula is C11H16O3. The van der Waals surface area contributed by atoms with Crippen LogP contribution in [0.3, 0.4) is 0 Å². The zero-order chi connectivity index (χ0) is 10.4. The Morgan fingerprint density at radius 1 is 1.21 bits per heavy atom. The quantitative estimate of drug-likeness (QED) is 0.773. The summed E-state index contributed by atoms with van der Waals surface area (Å²) in [5, 5.41) is 8.87. The maximum absolute atomic E-state index is 8.87. The van der Waals surface area contributed by atoms with Gasteiger partial charge in [-0.15, -0.1) is 0 Å². The fourth-order valence-corrected chi connectivity index (χ4v) is 1.38. The highest BCUT2D eigenvalue weighted by Gasteiger charge is 2.03. The molecule has 0 aromatic heterocycles. The van der Waals surface area contributed by atoms with E-state index in [0.29, 0.717) is 13.0 Å². The van der Waals surface area contributed by atoms with Crippen molar-refractivity contribution in [2.75, 3.05) is 20.8 Å². The van der Waals surface area contributed by atoms with Crippen molar-refractivity contribution >= 4 is 0 Å². The summed E-state index contributed by atoms with van der Waals surface area (Å²) in [5.74, 6) is 0.818. The van der Waals surface area contributed by atoms with E-state index in [2.05, 4.69) is 0 Å². The summed E-state index contributed by atoms with van der Waals surface area (Å²) in [6.45, 7) is 0.704. The first kappa shape index (κ1) is 11.0. The lowest BCUT2D eigenvalue weighted by molar-refractivity contribution is 0.183. The highest BCUT2D eigenvalue weighted by Crippen LogP contribution is 2.18. The highest BCUT2D eigenvalue weighted by atomic mass is 16.5. The molecule has 0 aliphatic carbocycles. The van der Waals surface area contributed by atoms with Crippen LogP contribution in [0.1, 0.15) is 11.1 Å². The number of ether oxygens (including phenoxy) is 2. The Balaban J connectivity index is 2.91. The van der Waals surface area contributed by atoms with Gasteiger partial charge in [-0.25, -0.2) is 0 Å². The van der Waals surface area contributed by atoms with Crippen LogP contribution < -0.4 is 4.74 Å². The molecule has 0 aliphatic rings. The van der Waals surface area contributed by atoms with Gasteiger partial charge in [0.1, 0.15) is 5.75 Å². The molecule has 0 fully saturated rings. The molecule has 0 bridgehead atoms. The van der Waals surface area contributed by atoms with Gasteiger partial charge in [-0.2, -0.15) is 0 Å². The number of aliphatic hydroxyl groups is 1. The molecule has 0 saturated carbocycles. The Morgan fingerprint density at radius 2 is 2.00 bits per heavy atom. The van der Waals surface area contributed by atoms with Crippen LogP contribution in [0.2, 0.25) is 0 Å². The smallest absolute Gasteiger partial charge is 0.119 e. The topological polar surface area (TPSA) is 38.7 Å². The van der Waals surface area contributed by atoms with Crippen molar-refractivity contribution in [1.29, 1.82) is 0 Å². The normalized spacial score (nSPS) is 10.2. The average molecular weight is 196 g/mol. The van der Waals surface area contributed by atoms with Gasteiger partial charge in [0.05, 0.1) is 13.7 Å². The molecule has 78 valence electrons. The van der Waals surface area contributed by atoms with E-state index in [9.17, 15) is 0 Å². The maximum Gasteiger partial charge on any atom is 0.119 e. The van der Waals surface area contributed by atoms with E-state index in [1.165, 1.54) is 0 Å². The summed E-state index contributed by atoms with van der Waals surface area (Å²) in [5.41, 5.74) is 2.18. The third kappa shape index (κ3) is 2.72. The van der Waals surface area contributed by atoms with Crippen molar-refractivity contribution in [2.24, 2.45) is 0 Å². The molecule has 0 amide bonds. The number of methoxy groups -OCH3 is 2. The summed E-state index contributed by atoms with van der Waals surface area (Å²) >= 11 is 0. The lowest BCUT2D eigenvalue weighted by atomic mass is 10.1. The van der Waals surface area contributed by atoms with Crippen LogP contribution in [0, 0.1) is 0 Å². The standard InChI is InChI=1S/C11H16O3/c1-13-8-10-7-11(14-2)4-3-9(10)5-6-12/h3-4,7,12H,5-6,8H2,1-2H3. The summed E-state index contributed by atoms with van der Waals surface area (Å²) in [4.78, 5) is 0. The van der Waals surface area contributed by atoms with Gasteiger partial charge in [0.2, 0.25) is 0 Å². The van der Waals surface area contributed by atoms with E-state index in [1.54, 1.807) is 14.2 Å². The Hall–Kier alpha value is -1.06. The van der Waals surface area contributed by atoms with Crippen molar-refractivity contribution in [3.8, 4) is 5.75 Å². The van der Waals surface area contributed by atoms with Crippen molar-refractivity contribution in [2.45, 2.75) is 13.0 Å². The number of rotatable bonds is 5. The van der Waals surface area contributed by atoms with Crippen LogP contribution >= 0.6 is 0 Å². The number of benzene rings is 1. The first-order valence-corrected chi connectivity index (χ1v) is 4.57. The van der Waals surface area contributed by atoms with Crippen LogP contribution in [0.15, 0.2) is 18.2 Å². The Kier molecular flexibility index (Phi) is 4.43. The van der Waals surface area contributed by atoms with E-state index < -0.39 is 0 Å². The molecule has 14 heavy (non-hydrogen) atoms. The van der Waals surface area contributed by atoms with Gasteiger partial charge in [0.15, 0.2) is 0 Å². The van der Waals surface area contributed by atoms with E-state index in [4.69, 9.17) is 14.6 Å². The second-order valence-corrected chi connectivity index (χ2v) is 3.04. The third-order valence-corrected chi connectivity index (χ3v) is 2.09. The zero-order valence-electron chi connectivity index (χ0n) is 8.62. The SMILES string of the molecule is COCc1cc(OC)ccc1CCO.